The number of anilines is 1. The van der Waals surface area contributed by atoms with Gasteiger partial charge in [0.1, 0.15) is 6.04 Å². The Hall–Kier alpha value is -1.51. The molecule has 1 aliphatic rings. The Bertz CT molecular complexity index is 447. The standard InChI is InChI=1S/C18H28N2O/c1-13(2)15-9-11-17(12-10-15)19-14(3)18(21)20-16-7-5-4-6-8-16/h9-14,16,19H,4-8H2,1-3H3,(H,20,21). The van der Waals surface area contributed by atoms with Gasteiger partial charge in [-0.05, 0) is 43.4 Å². The van der Waals surface area contributed by atoms with Crippen molar-refractivity contribution < 1.29 is 4.79 Å². The van der Waals surface area contributed by atoms with Crippen LogP contribution in [0.4, 0.5) is 5.69 Å². The van der Waals surface area contributed by atoms with E-state index in [1.165, 1.54) is 24.8 Å². The summed E-state index contributed by atoms with van der Waals surface area (Å²) in [6.45, 7) is 6.29. The molecule has 1 atom stereocenters. The lowest BCUT2D eigenvalue weighted by molar-refractivity contribution is -0.122. The number of hydrogen-bond donors (Lipinski definition) is 2. The molecule has 1 fully saturated rings. The summed E-state index contributed by atoms with van der Waals surface area (Å²) in [6, 6.07) is 8.53. The molecule has 0 radical (unpaired) electrons. The second kappa shape index (κ2) is 7.48. The van der Waals surface area contributed by atoms with Crippen molar-refractivity contribution in [2.45, 2.75) is 70.9 Å². The van der Waals surface area contributed by atoms with Crippen LogP contribution < -0.4 is 10.6 Å². The summed E-state index contributed by atoms with van der Waals surface area (Å²) < 4.78 is 0. The van der Waals surface area contributed by atoms with Crippen LogP contribution in [-0.2, 0) is 4.79 Å². The van der Waals surface area contributed by atoms with Gasteiger partial charge in [-0.1, -0.05) is 45.2 Å². The van der Waals surface area contributed by atoms with Gasteiger partial charge in [-0.2, -0.15) is 0 Å². The van der Waals surface area contributed by atoms with E-state index in [4.69, 9.17) is 0 Å². The van der Waals surface area contributed by atoms with Crippen LogP contribution in [0.15, 0.2) is 24.3 Å². The van der Waals surface area contributed by atoms with Crippen molar-refractivity contribution in [3.8, 4) is 0 Å². The van der Waals surface area contributed by atoms with Crippen molar-refractivity contribution >= 4 is 11.6 Å². The van der Waals surface area contributed by atoms with Gasteiger partial charge in [0.05, 0.1) is 0 Å². The molecule has 0 aliphatic heterocycles. The third-order valence-electron chi connectivity index (χ3n) is 4.31. The minimum Gasteiger partial charge on any atom is -0.374 e. The van der Waals surface area contributed by atoms with E-state index in [9.17, 15) is 4.79 Å². The second-order valence-electron chi connectivity index (χ2n) is 6.49. The predicted molar refractivity (Wildman–Crippen MR) is 88.6 cm³/mol. The number of hydrogen-bond acceptors (Lipinski definition) is 2. The van der Waals surface area contributed by atoms with Gasteiger partial charge in [-0.25, -0.2) is 0 Å². The molecular formula is C18H28N2O. The molecule has 0 aromatic heterocycles. The monoisotopic (exact) mass is 288 g/mol. The first kappa shape index (κ1) is 15.9. The number of rotatable bonds is 5. The van der Waals surface area contributed by atoms with Gasteiger partial charge in [-0.3, -0.25) is 4.79 Å². The SMILES string of the molecule is CC(Nc1ccc(C(C)C)cc1)C(=O)NC1CCCCC1. The van der Waals surface area contributed by atoms with Crippen molar-refractivity contribution in [3.05, 3.63) is 29.8 Å². The maximum absolute atomic E-state index is 12.2. The number of carbonyl (C=O) groups is 1. The molecule has 3 nitrogen and oxygen atoms in total. The molecule has 1 saturated carbocycles. The van der Waals surface area contributed by atoms with E-state index >= 15 is 0 Å². The molecule has 21 heavy (non-hydrogen) atoms. The Kier molecular flexibility index (Phi) is 5.66. The van der Waals surface area contributed by atoms with Crippen LogP contribution in [0.2, 0.25) is 0 Å². The molecule has 0 heterocycles. The van der Waals surface area contributed by atoms with E-state index in [0.717, 1.165) is 18.5 Å². The van der Waals surface area contributed by atoms with Crippen LogP contribution in [0, 0.1) is 0 Å². The van der Waals surface area contributed by atoms with Gasteiger partial charge in [-0.15, -0.1) is 0 Å². The van der Waals surface area contributed by atoms with Crippen LogP contribution >= 0.6 is 0 Å². The lowest BCUT2D eigenvalue weighted by Crippen LogP contribution is -2.43. The molecule has 1 unspecified atom stereocenters. The van der Waals surface area contributed by atoms with E-state index in [-0.39, 0.29) is 11.9 Å². The summed E-state index contributed by atoms with van der Waals surface area (Å²) in [4.78, 5) is 12.2. The molecule has 0 bridgehead atoms. The van der Waals surface area contributed by atoms with E-state index in [0.29, 0.717) is 12.0 Å². The summed E-state index contributed by atoms with van der Waals surface area (Å²) in [5, 5.41) is 6.45. The second-order valence-corrected chi connectivity index (χ2v) is 6.49. The van der Waals surface area contributed by atoms with Crippen LogP contribution in [0.3, 0.4) is 0 Å². The smallest absolute Gasteiger partial charge is 0.242 e. The summed E-state index contributed by atoms with van der Waals surface area (Å²) in [5.41, 5.74) is 2.32. The topological polar surface area (TPSA) is 41.1 Å². The summed E-state index contributed by atoms with van der Waals surface area (Å²) in [7, 11) is 0. The molecule has 1 aromatic carbocycles. The highest BCUT2D eigenvalue weighted by Crippen LogP contribution is 2.19. The molecule has 0 saturated heterocycles. The highest BCUT2D eigenvalue weighted by Gasteiger charge is 2.19. The zero-order chi connectivity index (χ0) is 15.2. The van der Waals surface area contributed by atoms with Crippen LogP contribution in [-0.4, -0.2) is 18.0 Å². The van der Waals surface area contributed by atoms with Crippen molar-refractivity contribution in [1.82, 2.24) is 5.32 Å². The van der Waals surface area contributed by atoms with Gasteiger partial charge < -0.3 is 10.6 Å². The van der Waals surface area contributed by atoms with Gasteiger partial charge in [0.2, 0.25) is 5.91 Å². The first-order valence-corrected chi connectivity index (χ1v) is 8.23. The van der Waals surface area contributed by atoms with Gasteiger partial charge in [0, 0.05) is 11.7 Å². The lowest BCUT2D eigenvalue weighted by atomic mass is 9.95. The fraction of sp³-hybridized carbons (Fsp3) is 0.611. The first-order chi connectivity index (χ1) is 10.1. The van der Waals surface area contributed by atoms with Crippen molar-refractivity contribution in [2.24, 2.45) is 0 Å². The molecule has 2 N–H and O–H groups in total. The summed E-state index contributed by atoms with van der Waals surface area (Å²) in [5.74, 6) is 0.640. The van der Waals surface area contributed by atoms with Crippen molar-refractivity contribution in [1.29, 1.82) is 0 Å². The van der Waals surface area contributed by atoms with E-state index in [2.05, 4.69) is 48.7 Å². The Morgan fingerprint density at radius 3 is 2.24 bits per heavy atom. The van der Waals surface area contributed by atoms with E-state index in [1.54, 1.807) is 0 Å². The zero-order valence-electron chi connectivity index (χ0n) is 13.5. The molecule has 3 heteroatoms. The molecule has 2 rings (SSSR count). The third-order valence-corrected chi connectivity index (χ3v) is 4.31. The Morgan fingerprint density at radius 2 is 1.67 bits per heavy atom. The molecular weight excluding hydrogens is 260 g/mol. The van der Waals surface area contributed by atoms with Gasteiger partial charge >= 0.3 is 0 Å². The van der Waals surface area contributed by atoms with Crippen molar-refractivity contribution in [2.75, 3.05) is 5.32 Å². The fourth-order valence-corrected chi connectivity index (χ4v) is 2.85. The Morgan fingerprint density at radius 1 is 1.05 bits per heavy atom. The average Bonchev–Trinajstić information content (AvgIpc) is 2.48. The molecule has 0 spiro atoms. The third kappa shape index (κ3) is 4.76. The quantitative estimate of drug-likeness (QED) is 0.858. The number of carbonyl (C=O) groups excluding carboxylic acids is 1. The van der Waals surface area contributed by atoms with Crippen LogP contribution in [0.5, 0.6) is 0 Å². The molecule has 116 valence electrons. The molecule has 1 amide bonds. The minimum atomic E-state index is -0.197. The Labute approximate surface area is 128 Å². The predicted octanol–water partition coefficient (Wildman–Crippen LogP) is 4.06. The summed E-state index contributed by atoms with van der Waals surface area (Å²) in [6.07, 6.45) is 6.04. The van der Waals surface area contributed by atoms with Crippen LogP contribution in [0.1, 0.15) is 64.4 Å². The first-order valence-electron chi connectivity index (χ1n) is 8.23. The normalized spacial score (nSPS) is 17.5. The minimum absolute atomic E-state index is 0.106. The van der Waals surface area contributed by atoms with E-state index < -0.39 is 0 Å². The van der Waals surface area contributed by atoms with Crippen LogP contribution in [0.25, 0.3) is 0 Å². The van der Waals surface area contributed by atoms with Crippen molar-refractivity contribution in [3.63, 3.8) is 0 Å². The fourth-order valence-electron chi connectivity index (χ4n) is 2.85. The van der Waals surface area contributed by atoms with Gasteiger partial charge in [0.15, 0.2) is 0 Å². The average molecular weight is 288 g/mol. The number of benzene rings is 1. The number of amides is 1. The Balaban J connectivity index is 1.84. The van der Waals surface area contributed by atoms with E-state index in [1.807, 2.05) is 6.92 Å². The maximum Gasteiger partial charge on any atom is 0.242 e. The lowest BCUT2D eigenvalue weighted by Gasteiger charge is -2.25. The van der Waals surface area contributed by atoms with Gasteiger partial charge in [0.25, 0.3) is 0 Å². The maximum atomic E-state index is 12.2. The number of nitrogens with one attached hydrogen (secondary N) is 2. The highest BCUT2D eigenvalue weighted by atomic mass is 16.2. The highest BCUT2D eigenvalue weighted by molar-refractivity contribution is 5.84. The molecule has 1 aliphatic carbocycles. The largest absolute Gasteiger partial charge is 0.374 e. The zero-order valence-corrected chi connectivity index (χ0v) is 13.5. The summed E-state index contributed by atoms with van der Waals surface area (Å²) >= 11 is 0. The molecule has 1 aromatic rings.